The maximum atomic E-state index is 11.9. The van der Waals surface area contributed by atoms with Crippen molar-refractivity contribution >= 4 is 22.5 Å². The molecule has 0 amide bonds. The van der Waals surface area contributed by atoms with Gasteiger partial charge in [-0.3, -0.25) is 4.79 Å². The van der Waals surface area contributed by atoms with Gasteiger partial charge in [0, 0.05) is 53.1 Å². The van der Waals surface area contributed by atoms with Crippen molar-refractivity contribution in [2.24, 2.45) is 7.05 Å². The number of fused-ring (bicyclic) bond motifs is 4. The predicted molar refractivity (Wildman–Crippen MR) is 133 cm³/mol. The molecule has 1 aliphatic rings. The van der Waals surface area contributed by atoms with Crippen LogP contribution in [0.1, 0.15) is 43.0 Å². The van der Waals surface area contributed by atoms with Crippen LogP contribution in [-0.4, -0.2) is 35.2 Å². The summed E-state index contributed by atoms with van der Waals surface area (Å²) in [5.74, 6) is 1.53. The van der Waals surface area contributed by atoms with E-state index in [9.17, 15) is 4.79 Å². The Labute approximate surface area is 196 Å². The van der Waals surface area contributed by atoms with Crippen LogP contribution >= 0.6 is 0 Å². The van der Waals surface area contributed by atoms with E-state index >= 15 is 0 Å². The molecule has 0 spiro atoms. The number of aryl methyl sites for hydroxylation is 2. The molecular weight excluding hydrogens is 426 g/mol. The molecule has 172 valence electrons. The lowest BCUT2D eigenvalue weighted by atomic mass is 9.91. The van der Waals surface area contributed by atoms with Crippen LogP contribution in [0.5, 0.6) is 0 Å². The van der Waals surface area contributed by atoms with Crippen LogP contribution in [0.2, 0.25) is 0 Å². The standard InChI is InChI=1S/C26H27N7O/c1-15(2)20-13-27-33-25(20)30-24(16-8-11-23(34)32(3)14-16)31-26(33)28-17-9-10-22-19(12-17)18-6-4-5-7-21(18)29-22/h4-8,11,13-15,17,29H,9-10,12H2,1-3H3,(H,28,30,31). The number of aromatic amines is 1. The highest BCUT2D eigenvalue weighted by Crippen LogP contribution is 2.31. The molecule has 2 N–H and O–H groups in total. The molecule has 1 aromatic carbocycles. The minimum atomic E-state index is -0.0628. The zero-order valence-electron chi connectivity index (χ0n) is 19.5. The van der Waals surface area contributed by atoms with Gasteiger partial charge in [0.25, 0.3) is 0 Å². The Bertz CT molecular complexity index is 1590. The minimum absolute atomic E-state index is 0.0628. The Hall–Kier alpha value is -3.94. The van der Waals surface area contributed by atoms with Crippen LogP contribution in [0, 0.1) is 0 Å². The molecule has 0 saturated carbocycles. The molecule has 6 rings (SSSR count). The Kier molecular flexibility index (Phi) is 4.76. The van der Waals surface area contributed by atoms with E-state index in [4.69, 9.17) is 9.97 Å². The van der Waals surface area contributed by atoms with E-state index in [0.717, 1.165) is 36.0 Å². The van der Waals surface area contributed by atoms with Gasteiger partial charge in [-0.05, 0) is 42.9 Å². The predicted octanol–water partition coefficient (Wildman–Crippen LogP) is 4.06. The third-order valence-corrected chi connectivity index (χ3v) is 6.79. The van der Waals surface area contributed by atoms with E-state index < -0.39 is 0 Å². The normalized spacial score (nSPS) is 15.8. The fourth-order valence-electron chi connectivity index (χ4n) is 4.93. The number of H-pyrrole nitrogens is 1. The molecule has 4 heterocycles. The fraction of sp³-hybridized carbons (Fsp3) is 0.308. The summed E-state index contributed by atoms with van der Waals surface area (Å²) in [6, 6.07) is 12.1. The van der Waals surface area contributed by atoms with Gasteiger partial charge in [-0.25, -0.2) is 4.98 Å². The second-order valence-corrected chi connectivity index (χ2v) is 9.44. The van der Waals surface area contributed by atoms with Gasteiger partial charge in [-0.2, -0.15) is 14.6 Å². The fourth-order valence-corrected chi connectivity index (χ4v) is 4.93. The van der Waals surface area contributed by atoms with Crippen molar-refractivity contribution in [3.8, 4) is 11.4 Å². The van der Waals surface area contributed by atoms with Gasteiger partial charge in [-0.1, -0.05) is 32.0 Å². The highest BCUT2D eigenvalue weighted by Gasteiger charge is 2.24. The lowest BCUT2D eigenvalue weighted by Crippen LogP contribution is -2.29. The first-order valence-corrected chi connectivity index (χ1v) is 11.8. The molecule has 8 nitrogen and oxygen atoms in total. The Morgan fingerprint density at radius 3 is 2.82 bits per heavy atom. The van der Waals surface area contributed by atoms with Crippen LogP contribution in [0.4, 0.5) is 5.95 Å². The molecule has 0 aliphatic heterocycles. The number of nitrogens with one attached hydrogen (secondary N) is 2. The molecule has 0 fully saturated rings. The molecular formula is C26H27N7O. The molecule has 0 bridgehead atoms. The van der Waals surface area contributed by atoms with Crippen molar-refractivity contribution in [3.05, 3.63) is 76.0 Å². The summed E-state index contributed by atoms with van der Waals surface area (Å²) in [5.41, 5.74) is 6.51. The molecule has 1 aliphatic carbocycles. The average Bonchev–Trinajstić information content (AvgIpc) is 3.42. The van der Waals surface area contributed by atoms with E-state index in [0.29, 0.717) is 11.8 Å². The summed E-state index contributed by atoms with van der Waals surface area (Å²) >= 11 is 0. The van der Waals surface area contributed by atoms with Gasteiger partial charge < -0.3 is 14.9 Å². The first kappa shape index (κ1) is 20.7. The molecule has 4 aromatic heterocycles. The quantitative estimate of drug-likeness (QED) is 0.428. The van der Waals surface area contributed by atoms with Crippen molar-refractivity contribution in [1.82, 2.24) is 29.1 Å². The number of hydrogen-bond donors (Lipinski definition) is 2. The molecule has 1 atom stereocenters. The van der Waals surface area contributed by atoms with Gasteiger partial charge in [-0.15, -0.1) is 0 Å². The number of aromatic nitrogens is 6. The van der Waals surface area contributed by atoms with Crippen molar-refractivity contribution in [2.45, 2.75) is 45.1 Å². The van der Waals surface area contributed by atoms with Gasteiger partial charge in [0.1, 0.15) is 0 Å². The van der Waals surface area contributed by atoms with Crippen LogP contribution in [0.15, 0.2) is 53.6 Å². The number of anilines is 1. The highest BCUT2D eigenvalue weighted by molar-refractivity contribution is 5.85. The van der Waals surface area contributed by atoms with Crippen molar-refractivity contribution < 1.29 is 0 Å². The number of pyridine rings is 1. The topological polar surface area (TPSA) is 92.9 Å². The lowest BCUT2D eigenvalue weighted by Gasteiger charge is -2.24. The van der Waals surface area contributed by atoms with Crippen molar-refractivity contribution in [1.29, 1.82) is 0 Å². The number of para-hydroxylation sites is 1. The summed E-state index contributed by atoms with van der Waals surface area (Å²) in [6.07, 6.45) is 6.56. The molecule has 5 aromatic rings. The number of nitrogens with zero attached hydrogens (tertiary/aromatic N) is 5. The minimum Gasteiger partial charge on any atom is -0.358 e. The lowest BCUT2D eigenvalue weighted by molar-refractivity contribution is 0.599. The van der Waals surface area contributed by atoms with Crippen LogP contribution in [0.25, 0.3) is 27.9 Å². The van der Waals surface area contributed by atoms with Crippen LogP contribution in [-0.2, 0) is 19.9 Å². The summed E-state index contributed by atoms with van der Waals surface area (Å²) in [7, 11) is 1.74. The maximum absolute atomic E-state index is 11.9. The Morgan fingerprint density at radius 2 is 2.00 bits per heavy atom. The Morgan fingerprint density at radius 1 is 1.15 bits per heavy atom. The van der Waals surface area contributed by atoms with Crippen LogP contribution in [0.3, 0.4) is 0 Å². The van der Waals surface area contributed by atoms with E-state index in [1.165, 1.54) is 22.2 Å². The number of rotatable bonds is 4. The third-order valence-electron chi connectivity index (χ3n) is 6.79. The largest absolute Gasteiger partial charge is 0.358 e. The van der Waals surface area contributed by atoms with Gasteiger partial charge in [0.2, 0.25) is 11.5 Å². The van der Waals surface area contributed by atoms with Crippen LogP contribution < -0.4 is 10.9 Å². The van der Waals surface area contributed by atoms with Gasteiger partial charge >= 0.3 is 0 Å². The SMILES string of the molecule is CC(C)c1cnn2c(NC3CCc4[nH]c5ccccc5c4C3)nc(-c3ccc(=O)n(C)c3)nc12. The van der Waals surface area contributed by atoms with E-state index in [2.05, 4.69) is 53.5 Å². The van der Waals surface area contributed by atoms with Gasteiger partial charge in [0.05, 0.1) is 6.20 Å². The van der Waals surface area contributed by atoms with E-state index in [1.54, 1.807) is 29.9 Å². The van der Waals surface area contributed by atoms with Crippen molar-refractivity contribution in [3.63, 3.8) is 0 Å². The third kappa shape index (κ3) is 3.37. The summed E-state index contributed by atoms with van der Waals surface area (Å²) < 4.78 is 3.36. The van der Waals surface area contributed by atoms with E-state index in [-0.39, 0.29) is 17.5 Å². The first-order valence-electron chi connectivity index (χ1n) is 11.8. The molecule has 1 unspecified atom stereocenters. The molecule has 0 radical (unpaired) electrons. The summed E-state index contributed by atoms with van der Waals surface area (Å²) in [6.45, 7) is 4.27. The zero-order chi connectivity index (χ0) is 23.4. The zero-order valence-corrected chi connectivity index (χ0v) is 19.5. The second kappa shape index (κ2) is 7.83. The number of benzene rings is 1. The monoisotopic (exact) mass is 453 g/mol. The molecule has 34 heavy (non-hydrogen) atoms. The summed E-state index contributed by atoms with van der Waals surface area (Å²) in [5, 5.41) is 9.59. The smallest absolute Gasteiger partial charge is 0.250 e. The molecule has 8 heteroatoms. The second-order valence-electron chi connectivity index (χ2n) is 9.44. The summed E-state index contributed by atoms with van der Waals surface area (Å²) in [4.78, 5) is 25.2. The average molecular weight is 454 g/mol. The van der Waals surface area contributed by atoms with Gasteiger partial charge in [0.15, 0.2) is 11.5 Å². The maximum Gasteiger partial charge on any atom is 0.250 e. The first-order chi connectivity index (χ1) is 16.5. The highest BCUT2D eigenvalue weighted by atomic mass is 16.1. The Balaban J connectivity index is 1.42. The molecule has 0 saturated heterocycles. The van der Waals surface area contributed by atoms with E-state index in [1.807, 2.05) is 10.7 Å². The van der Waals surface area contributed by atoms with Crippen molar-refractivity contribution in [2.75, 3.05) is 5.32 Å². The number of hydrogen-bond acceptors (Lipinski definition) is 5.